The van der Waals surface area contributed by atoms with E-state index in [1.165, 1.54) is 29.2 Å². The third-order valence-electron chi connectivity index (χ3n) is 6.22. The molecule has 2 heterocycles. The normalized spacial score (nSPS) is 19.0. The van der Waals surface area contributed by atoms with Gasteiger partial charge < -0.3 is 9.84 Å². The summed E-state index contributed by atoms with van der Waals surface area (Å²) in [6.45, 7) is 2.59. The molecule has 0 radical (unpaired) electrons. The van der Waals surface area contributed by atoms with E-state index in [9.17, 15) is 19.1 Å². The third-order valence-corrected chi connectivity index (χ3v) is 6.22. The molecule has 2 aliphatic heterocycles. The predicted octanol–water partition coefficient (Wildman–Crippen LogP) is 4.95. The first-order valence-corrected chi connectivity index (χ1v) is 10.9. The fraction of sp³-hybridized carbons (Fsp3) is 0.185. The molecule has 1 atom stereocenters. The Morgan fingerprint density at radius 2 is 1.79 bits per heavy atom. The van der Waals surface area contributed by atoms with E-state index in [4.69, 9.17) is 4.74 Å². The average molecular weight is 443 g/mol. The number of carbonyl (C=O) groups excluding carboxylic acids is 2. The Bertz CT molecular complexity index is 1280. The third kappa shape index (κ3) is 3.57. The molecule has 166 valence electrons. The maximum absolute atomic E-state index is 13.7. The molecule has 1 unspecified atom stereocenters. The molecule has 0 aromatic heterocycles. The topological polar surface area (TPSA) is 66.8 Å². The summed E-state index contributed by atoms with van der Waals surface area (Å²) in [5.74, 6) is -1.46. The van der Waals surface area contributed by atoms with Crippen molar-refractivity contribution in [1.29, 1.82) is 0 Å². The van der Waals surface area contributed by atoms with Gasteiger partial charge in [-0.15, -0.1) is 0 Å². The van der Waals surface area contributed by atoms with Crippen LogP contribution in [0.3, 0.4) is 0 Å². The van der Waals surface area contributed by atoms with Gasteiger partial charge >= 0.3 is 0 Å². The van der Waals surface area contributed by atoms with E-state index in [0.29, 0.717) is 29.8 Å². The summed E-state index contributed by atoms with van der Waals surface area (Å²) < 4.78 is 19.2. The van der Waals surface area contributed by atoms with Crippen molar-refractivity contribution in [2.24, 2.45) is 0 Å². The quantitative estimate of drug-likeness (QED) is 0.352. The minimum Gasteiger partial charge on any atom is -0.507 e. The van der Waals surface area contributed by atoms with Crippen molar-refractivity contribution in [1.82, 2.24) is 0 Å². The molecule has 33 heavy (non-hydrogen) atoms. The van der Waals surface area contributed by atoms with Crippen LogP contribution in [0.25, 0.3) is 5.76 Å². The SMILES string of the molecule is CCc1ccc(N2C(=O)C(=O)/C(=C(\O)c3ccc4c(c3)CCO4)C2c2ccc(F)cc2)cc1. The highest BCUT2D eigenvalue weighted by Gasteiger charge is 2.47. The van der Waals surface area contributed by atoms with Gasteiger partial charge in [0.2, 0.25) is 0 Å². The van der Waals surface area contributed by atoms with Crippen LogP contribution in [0.2, 0.25) is 0 Å². The molecule has 0 aliphatic carbocycles. The second-order valence-electron chi connectivity index (χ2n) is 8.16. The second-order valence-corrected chi connectivity index (χ2v) is 8.16. The van der Waals surface area contributed by atoms with Crippen LogP contribution in [0.4, 0.5) is 10.1 Å². The Morgan fingerprint density at radius 1 is 1.06 bits per heavy atom. The molecule has 0 saturated carbocycles. The maximum Gasteiger partial charge on any atom is 0.300 e. The number of Topliss-reactive ketones (excluding diaryl/α,β-unsaturated/α-hetero) is 1. The van der Waals surface area contributed by atoms with Gasteiger partial charge in [0.25, 0.3) is 11.7 Å². The molecule has 0 spiro atoms. The summed E-state index contributed by atoms with van der Waals surface area (Å²) in [6, 6.07) is 17.3. The van der Waals surface area contributed by atoms with Crippen LogP contribution in [0, 0.1) is 5.82 Å². The Labute approximate surface area is 190 Å². The lowest BCUT2D eigenvalue weighted by molar-refractivity contribution is -0.132. The second kappa shape index (κ2) is 8.20. The van der Waals surface area contributed by atoms with Gasteiger partial charge in [-0.05, 0) is 65.6 Å². The van der Waals surface area contributed by atoms with E-state index in [2.05, 4.69) is 0 Å². The highest BCUT2D eigenvalue weighted by atomic mass is 19.1. The molecule has 0 bridgehead atoms. The molecule has 1 N–H and O–H groups in total. The number of aliphatic hydroxyl groups excluding tert-OH is 1. The number of amides is 1. The first-order valence-electron chi connectivity index (χ1n) is 10.9. The Balaban J connectivity index is 1.68. The van der Waals surface area contributed by atoms with Gasteiger partial charge in [-0.3, -0.25) is 14.5 Å². The molecule has 1 saturated heterocycles. The highest BCUT2D eigenvalue weighted by molar-refractivity contribution is 6.51. The van der Waals surface area contributed by atoms with Gasteiger partial charge in [-0.1, -0.05) is 31.2 Å². The molecule has 2 aliphatic rings. The van der Waals surface area contributed by atoms with Crippen LogP contribution in [0.15, 0.2) is 72.3 Å². The number of anilines is 1. The van der Waals surface area contributed by atoms with Gasteiger partial charge in [0.05, 0.1) is 18.2 Å². The van der Waals surface area contributed by atoms with E-state index in [1.54, 1.807) is 30.3 Å². The highest BCUT2D eigenvalue weighted by Crippen LogP contribution is 2.42. The number of hydrogen-bond donors (Lipinski definition) is 1. The zero-order chi connectivity index (χ0) is 23.1. The molecular weight excluding hydrogens is 421 g/mol. The van der Waals surface area contributed by atoms with Crippen molar-refractivity contribution in [3.63, 3.8) is 0 Å². The van der Waals surface area contributed by atoms with E-state index in [-0.39, 0.29) is 11.3 Å². The van der Waals surface area contributed by atoms with Crippen molar-refractivity contribution in [2.75, 3.05) is 11.5 Å². The first kappa shape index (κ1) is 20.9. The lowest BCUT2D eigenvalue weighted by atomic mass is 9.94. The molecule has 3 aromatic rings. The zero-order valence-corrected chi connectivity index (χ0v) is 18.0. The van der Waals surface area contributed by atoms with Crippen LogP contribution >= 0.6 is 0 Å². The molecule has 5 rings (SSSR count). The molecular formula is C27H22FNO4. The van der Waals surface area contributed by atoms with Gasteiger partial charge in [-0.2, -0.15) is 0 Å². The van der Waals surface area contributed by atoms with Gasteiger partial charge in [0.15, 0.2) is 0 Å². The van der Waals surface area contributed by atoms with Crippen molar-refractivity contribution in [3.05, 3.63) is 100 Å². The number of halogens is 1. The van der Waals surface area contributed by atoms with E-state index in [1.807, 2.05) is 19.1 Å². The Hall–Kier alpha value is -3.93. The standard InChI is InChI=1S/C27H22FNO4/c1-2-16-3-10-21(11-4-16)29-24(17-5-8-20(28)9-6-17)23(26(31)27(29)32)25(30)19-7-12-22-18(15-19)13-14-33-22/h3-12,15,24,30H,2,13-14H2,1H3/b25-23-. The molecule has 6 heteroatoms. The summed E-state index contributed by atoms with van der Waals surface area (Å²) in [5, 5.41) is 11.2. The number of ether oxygens (including phenoxy) is 1. The molecule has 1 fully saturated rings. The number of benzene rings is 3. The smallest absolute Gasteiger partial charge is 0.300 e. The van der Waals surface area contributed by atoms with Gasteiger partial charge in [-0.25, -0.2) is 4.39 Å². The Morgan fingerprint density at radius 3 is 2.48 bits per heavy atom. The van der Waals surface area contributed by atoms with Crippen molar-refractivity contribution in [2.45, 2.75) is 25.8 Å². The van der Waals surface area contributed by atoms with Crippen LogP contribution in [0.1, 0.15) is 35.2 Å². The fourth-order valence-electron chi connectivity index (χ4n) is 4.44. The fourth-order valence-corrected chi connectivity index (χ4v) is 4.44. The zero-order valence-electron chi connectivity index (χ0n) is 18.0. The monoisotopic (exact) mass is 443 g/mol. The number of fused-ring (bicyclic) bond motifs is 1. The number of aliphatic hydroxyl groups is 1. The van der Waals surface area contributed by atoms with E-state index < -0.39 is 23.5 Å². The maximum atomic E-state index is 13.7. The largest absolute Gasteiger partial charge is 0.507 e. The van der Waals surface area contributed by atoms with Crippen LogP contribution in [-0.2, 0) is 22.4 Å². The van der Waals surface area contributed by atoms with E-state index in [0.717, 1.165) is 23.3 Å². The van der Waals surface area contributed by atoms with Crippen molar-refractivity contribution >= 4 is 23.1 Å². The molecule has 3 aromatic carbocycles. The van der Waals surface area contributed by atoms with Crippen molar-refractivity contribution < 1.29 is 23.8 Å². The minimum absolute atomic E-state index is 0.0231. The number of rotatable bonds is 4. The van der Waals surface area contributed by atoms with Crippen molar-refractivity contribution in [3.8, 4) is 5.75 Å². The number of aryl methyl sites for hydroxylation is 1. The van der Waals surface area contributed by atoms with E-state index >= 15 is 0 Å². The van der Waals surface area contributed by atoms with Crippen LogP contribution < -0.4 is 9.64 Å². The Kier molecular flexibility index (Phi) is 5.21. The molecule has 5 nitrogen and oxygen atoms in total. The number of ketones is 1. The minimum atomic E-state index is -0.886. The number of carbonyl (C=O) groups is 2. The van der Waals surface area contributed by atoms with Crippen LogP contribution in [-0.4, -0.2) is 23.4 Å². The number of hydrogen-bond acceptors (Lipinski definition) is 4. The summed E-state index contributed by atoms with van der Waals surface area (Å²) in [7, 11) is 0. The van der Waals surface area contributed by atoms with Crippen LogP contribution in [0.5, 0.6) is 5.75 Å². The molecule has 1 amide bonds. The summed E-state index contributed by atoms with van der Waals surface area (Å²) in [6.07, 6.45) is 1.54. The first-order chi connectivity index (χ1) is 16.0. The lowest BCUT2D eigenvalue weighted by Gasteiger charge is -2.25. The average Bonchev–Trinajstić information content (AvgIpc) is 3.41. The van der Waals surface area contributed by atoms with Gasteiger partial charge in [0, 0.05) is 17.7 Å². The van der Waals surface area contributed by atoms with Gasteiger partial charge in [0.1, 0.15) is 17.3 Å². The summed E-state index contributed by atoms with van der Waals surface area (Å²) >= 11 is 0. The number of nitrogens with zero attached hydrogens (tertiary/aromatic N) is 1. The summed E-state index contributed by atoms with van der Waals surface area (Å²) in [4.78, 5) is 27.8. The predicted molar refractivity (Wildman–Crippen MR) is 123 cm³/mol. The summed E-state index contributed by atoms with van der Waals surface area (Å²) in [5.41, 5.74) is 3.50. The lowest BCUT2D eigenvalue weighted by Crippen LogP contribution is -2.29.